The third kappa shape index (κ3) is 9.75. The summed E-state index contributed by atoms with van der Waals surface area (Å²) >= 11 is 0. The molecule has 0 saturated heterocycles. The van der Waals surface area contributed by atoms with Crippen molar-refractivity contribution in [3.05, 3.63) is 81.3 Å². The van der Waals surface area contributed by atoms with Gasteiger partial charge in [0.1, 0.15) is 28.6 Å². The number of nitrogens with zero attached hydrogens (tertiary/aromatic N) is 2. The van der Waals surface area contributed by atoms with Crippen molar-refractivity contribution >= 4 is 56.3 Å². The number of hydrogen-bond donors (Lipinski definition) is 3. The highest BCUT2D eigenvalue weighted by molar-refractivity contribution is 6.26. The minimum atomic E-state index is -1.99. The molecule has 3 aromatic carbocycles. The second-order valence-electron chi connectivity index (χ2n) is 20.6. The average molecular weight is 925 g/mol. The van der Waals surface area contributed by atoms with Gasteiger partial charge < -0.3 is 43.4 Å². The van der Waals surface area contributed by atoms with E-state index in [2.05, 4.69) is 40.2 Å². The zero-order valence-electron chi connectivity index (χ0n) is 41.8. The number of nitrogens with one attached hydrogen (secondary N) is 1. The van der Waals surface area contributed by atoms with Gasteiger partial charge in [0, 0.05) is 55.7 Å². The quantitative estimate of drug-likeness (QED) is 0.0549. The lowest BCUT2D eigenvalue weighted by molar-refractivity contribution is -0.935. The molecule has 0 fully saturated rings. The molecule has 362 valence electrons. The van der Waals surface area contributed by atoms with Gasteiger partial charge in [0.15, 0.2) is 22.3 Å². The summed E-state index contributed by atoms with van der Waals surface area (Å²) in [6.07, 6.45) is 7.50. The Hall–Kier alpha value is -5.57. The number of fused-ring (bicyclic) bond motifs is 2. The van der Waals surface area contributed by atoms with Crippen LogP contribution >= 0.6 is 0 Å². The van der Waals surface area contributed by atoms with E-state index >= 15 is 0 Å². The van der Waals surface area contributed by atoms with Gasteiger partial charge in [-0.15, -0.1) is 0 Å². The standard InChI is InChI=1S/C53H69N3O11/c1-27-18-16-19-28(2)51(62)55-43-46(60)40-39(42-49(43)66-38-26-35(21-22-36(38)54-42)20-17-24-56(13,14)52(9,10)11)41-48(33(7)45(40)59)67-53(12,50(41)61)64-25-23-37(63-15)32(6)47(65-34(8)57)31(5)29(3)30(4)44(27)58/h16,18-19,21-23,25-27,29-32,37,44,47,58H,17,20,24H2,1-15H3,(H-,54,55,59,60,61,62)/p+1/b18-16+,25-23+,28-19-/t27-,29+,30-,31+,32+,37-,44-,47-,53-/m0/s1. The van der Waals surface area contributed by atoms with E-state index in [9.17, 15) is 29.4 Å². The Morgan fingerprint density at radius 1 is 0.985 bits per heavy atom. The van der Waals surface area contributed by atoms with Crippen LogP contribution in [-0.2, 0) is 30.2 Å². The Balaban J connectivity index is 1.56. The molecule has 14 nitrogen and oxygen atoms in total. The van der Waals surface area contributed by atoms with Crippen molar-refractivity contribution in [3.8, 4) is 11.5 Å². The van der Waals surface area contributed by atoms with Crippen LogP contribution in [0.5, 0.6) is 11.5 Å². The van der Waals surface area contributed by atoms with Crippen molar-refractivity contribution in [2.24, 2.45) is 29.6 Å². The number of benzene rings is 3. The van der Waals surface area contributed by atoms with Gasteiger partial charge in [-0.2, -0.15) is 0 Å². The summed E-state index contributed by atoms with van der Waals surface area (Å²) in [5.41, 5.74) is 1.18. The van der Waals surface area contributed by atoms with E-state index in [0.717, 1.165) is 29.4 Å². The zero-order chi connectivity index (χ0) is 49.7. The number of ether oxygens (including phenoxy) is 4. The Kier molecular flexibility index (Phi) is 14.6. The normalized spacial score (nSPS) is 28.5. The number of aromatic nitrogens is 1. The van der Waals surface area contributed by atoms with Gasteiger partial charge in [-0.05, 0) is 82.6 Å². The number of phenols is 1. The van der Waals surface area contributed by atoms with Crippen LogP contribution in [-0.4, -0.2) is 94.7 Å². The van der Waals surface area contributed by atoms with E-state index in [0.29, 0.717) is 11.1 Å². The van der Waals surface area contributed by atoms with Gasteiger partial charge in [-0.25, -0.2) is 4.98 Å². The van der Waals surface area contributed by atoms with Gasteiger partial charge in [-0.1, -0.05) is 58.9 Å². The van der Waals surface area contributed by atoms with Crippen molar-refractivity contribution in [1.29, 1.82) is 0 Å². The maximum atomic E-state index is 14.8. The predicted octanol–water partition coefficient (Wildman–Crippen LogP) is 9.08. The molecule has 0 aliphatic carbocycles. The molecule has 2 aliphatic rings. The number of methoxy groups -OCH3 is 1. The number of aromatic hydroxyl groups is 1. The van der Waals surface area contributed by atoms with Crippen LogP contribution < -0.4 is 15.5 Å². The lowest BCUT2D eigenvalue weighted by Gasteiger charge is -2.42. The Morgan fingerprint density at radius 3 is 2.31 bits per heavy atom. The number of ketones is 1. The number of carbonyl (C=O) groups excluding carboxylic acids is 3. The Labute approximate surface area is 393 Å². The van der Waals surface area contributed by atoms with Gasteiger partial charge in [-0.3, -0.25) is 19.2 Å². The smallest absolute Gasteiger partial charge is 0.312 e. The van der Waals surface area contributed by atoms with Crippen molar-refractivity contribution < 1.29 is 52.4 Å². The monoisotopic (exact) mass is 925 g/mol. The van der Waals surface area contributed by atoms with Crippen molar-refractivity contribution in [2.45, 2.75) is 126 Å². The molecule has 1 aromatic heterocycles. The third-order valence-corrected chi connectivity index (χ3v) is 15.0. The number of phenolic OH excluding ortho intramolecular Hbond substituents is 1. The number of aryl methyl sites for hydroxylation is 1. The topological polar surface area (TPSA) is 184 Å². The lowest BCUT2D eigenvalue weighted by Crippen LogP contribution is -2.54. The zero-order valence-corrected chi connectivity index (χ0v) is 41.8. The maximum absolute atomic E-state index is 14.8. The second-order valence-corrected chi connectivity index (χ2v) is 20.6. The SMILES string of the molecule is CO[C@H]1/C=C/O[C@@]2(C)Oc3c(C)c(=O)c4c(O)c(c5oc6cc(CCC[N+](C)(C)C(C)(C)C)ccc6nc5c4c3C2=O)NC(=O)/C(C)=C\C=C\[C@H](C)[C@H](O)[C@@H](C)[C@@H](C)[C@@H](C)[C@H](OC(C)=O)[C@@H]1C. The number of rotatable bonds is 6. The van der Waals surface area contributed by atoms with Crippen LogP contribution in [0.25, 0.3) is 33.0 Å². The number of carbonyl (C=O) groups is 3. The van der Waals surface area contributed by atoms with E-state index in [1.54, 1.807) is 31.2 Å². The Morgan fingerprint density at radius 2 is 1.67 bits per heavy atom. The number of allylic oxidation sites excluding steroid dienone is 2. The minimum Gasteiger partial charge on any atom is -0.505 e. The molecule has 3 heterocycles. The average Bonchev–Trinajstić information content (AvgIpc) is 3.53. The van der Waals surface area contributed by atoms with E-state index in [-0.39, 0.29) is 79.2 Å². The fourth-order valence-corrected chi connectivity index (χ4v) is 9.23. The number of esters is 1. The summed E-state index contributed by atoms with van der Waals surface area (Å²) < 4.78 is 31.7. The molecule has 3 N–H and O–H groups in total. The number of quaternary nitrogens is 1. The van der Waals surface area contributed by atoms with Crippen LogP contribution in [0.15, 0.2) is 63.6 Å². The summed E-state index contributed by atoms with van der Waals surface area (Å²) in [6.45, 7) is 23.2. The first kappa shape index (κ1) is 50.8. The number of aliphatic hydroxyl groups excluding tert-OH is 1. The van der Waals surface area contributed by atoms with Crippen molar-refractivity contribution in [3.63, 3.8) is 0 Å². The van der Waals surface area contributed by atoms with E-state index in [4.69, 9.17) is 28.3 Å². The number of aliphatic hydroxyl groups is 1. The molecule has 4 aromatic rings. The van der Waals surface area contributed by atoms with E-state index in [1.807, 2.05) is 52.8 Å². The van der Waals surface area contributed by atoms with Gasteiger partial charge in [0.25, 0.3) is 11.7 Å². The summed E-state index contributed by atoms with van der Waals surface area (Å²) in [4.78, 5) is 60.8. The molecule has 9 atom stereocenters. The molecule has 0 saturated carbocycles. The molecule has 6 rings (SSSR count). The summed E-state index contributed by atoms with van der Waals surface area (Å²) in [6, 6.07) is 5.66. The summed E-state index contributed by atoms with van der Waals surface area (Å²) in [5, 5.41) is 26.3. The van der Waals surface area contributed by atoms with Crippen molar-refractivity contribution in [1.82, 2.24) is 4.98 Å². The number of anilines is 1. The molecular weight excluding hydrogens is 855 g/mol. The van der Waals surface area contributed by atoms with Gasteiger partial charge >= 0.3 is 11.8 Å². The van der Waals surface area contributed by atoms with Crippen LogP contribution in [0.4, 0.5) is 5.69 Å². The fraction of sp³-hybridized carbons (Fsp3) is 0.528. The number of Topliss-reactive ketones (excluding diaryl/α,β-unsaturated/α-hetero) is 1. The largest absolute Gasteiger partial charge is 0.505 e. The number of amides is 1. The first-order chi connectivity index (χ1) is 31.2. The maximum Gasteiger partial charge on any atom is 0.312 e. The molecule has 14 heteroatoms. The van der Waals surface area contributed by atoms with Crippen LogP contribution in [0.3, 0.4) is 0 Å². The summed E-state index contributed by atoms with van der Waals surface area (Å²) in [5.74, 6) is -5.79. The van der Waals surface area contributed by atoms with E-state index < -0.39 is 58.9 Å². The van der Waals surface area contributed by atoms with Crippen LogP contribution in [0, 0.1) is 36.5 Å². The highest BCUT2D eigenvalue weighted by atomic mass is 16.7. The van der Waals surface area contributed by atoms with Gasteiger partial charge in [0.2, 0.25) is 0 Å². The van der Waals surface area contributed by atoms with Crippen LogP contribution in [0.1, 0.15) is 104 Å². The fourth-order valence-electron chi connectivity index (χ4n) is 9.23. The molecule has 67 heavy (non-hydrogen) atoms. The molecular formula is C53H70N3O11+. The molecule has 1 amide bonds. The third-order valence-electron chi connectivity index (χ3n) is 15.0. The second kappa shape index (κ2) is 19.2. The minimum absolute atomic E-state index is 0.0172. The first-order valence-corrected chi connectivity index (χ1v) is 23.3. The highest BCUT2D eigenvalue weighted by Gasteiger charge is 2.49. The van der Waals surface area contributed by atoms with Crippen LogP contribution in [0.2, 0.25) is 0 Å². The van der Waals surface area contributed by atoms with Crippen molar-refractivity contribution in [2.75, 3.05) is 33.1 Å². The highest BCUT2D eigenvalue weighted by Crippen LogP contribution is 2.48. The predicted molar refractivity (Wildman–Crippen MR) is 260 cm³/mol. The molecule has 2 aliphatic heterocycles. The molecule has 0 spiro atoms. The first-order valence-electron chi connectivity index (χ1n) is 23.3. The number of hydrogen-bond acceptors (Lipinski definition) is 12. The van der Waals surface area contributed by atoms with E-state index in [1.165, 1.54) is 34.1 Å². The molecule has 0 radical (unpaired) electrons. The molecule has 0 unspecified atom stereocenters. The Bertz CT molecular complexity index is 2740. The van der Waals surface area contributed by atoms with Gasteiger partial charge in [0.05, 0.1) is 55.6 Å². The summed E-state index contributed by atoms with van der Waals surface area (Å²) in [7, 11) is 5.95. The lowest BCUT2D eigenvalue weighted by atomic mass is 9.73. The molecule has 4 bridgehead atoms.